The molecule has 6 nitrogen and oxygen atoms in total. The Balaban J connectivity index is 1.93. The Morgan fingerprint density at radius 2 is 2.00 bits per heavy atom. The summed E-state index contributed by atoms with van der Waals surface area (Å²) in [5, 5.41) is 3.19. The summed E-state index contributed by atoms with van der Waals surface area (Å²) in [5.41, 5.74) is 2.77. The summed E-state index contributed by atoms with van der Waals surface area (Å²) in [5.74, 6) is -0.146. The largest absolute Gasteiger partial charge is 0.302 e. The van der Waals surface area contributed by atoms with Gasteiger partial charge in [-0.05, 0) is 24.3 Å². The van der Waals surface area contributed by atoms with Crippen molar-refractivity contribution in [2.75, 3.05) is 5.32 Å². The van der Waals surface area contributed by atoms with Gasteiger partial charge in [0.05, 0.1) is 5.69 Å². The van der Waals surface area contributed by atoms with Crippen LogP contribution in [0.4, 0.5) is 5.13 Å². The van der Waals surface area contributed by atoms with E-state index >= 15 is 0 Å². The maximum absolute atomic E-state index is 11.6. The Hall–Kier alpha value is -2.67. The zero-order valence-electron chi connectivity index (χ0n) is 12.7. The molecule has 3 aromatic heterocycles. The number of pyridine rings is 2. The normalized spacial score (nSPS) is 10.7. The second-order valence-corrected chi connectivity index (χ2v) is 5.91. The first-order chi connectivity index (χ1) is 11.1. The van der Waals surface area contributed by atoms with Crippen LogP contribution in [0.1, 0.15) is 30.8 Å². The summed E-state index contributed by atoms with van der Waals surface area (Å²) in [7, 11) is 0. The van der Waals surface area contributed by atoms with Crippen LogP contribution in [0.2, 0.25) is 0 Å². The Morgan fingerprint density at radius 3 is 2.65 bits per heavy atom. The van der Waals surface area contributed by atoms with Gasteiger partial charge in [0.1, 0.15) is 16.0 Å². The van der Waals surface area contributed by atoms with Gasteiger partial charge in [-0.3, -0.25) is 14.6 Å². The molecule has 3 heterocycles. The van der Waals surface area contributed by atoms with Crippen molar-refractivity contribution >= 4 is 38.5 Å². The highest BCUT2D eigenvalue weighted by atomic mass is 32.1. The number of Topliss-reactive ketones (excluding diaryl/α,β-unsaturated/α-hetero) is 1. The number of hydrogen-bond acceptors (Lipinski definition) is 6. The molecule has 3 rings (SSSR count). The van der Waals surface area contributed by atoms with Gasteiger partial charge in [0, 0.05) is 25.1 Å². The lowest BCUT2D eigenvalue weighted by atomic mass is 10.1. The highest BCUT2D eigenvalue weighted by Gasteiger charge is 2.10. The van der Waals surface area contributed by atoms with Crippen LogP contribution >= 0.6 is 11.3 Å². The minimum Gasteiger partial charge on any atom is -0.302 e. The lowest BCUT2D eigenvalue weighted by Gasteiger charge is -2.01. The number of hydrogen-bond donors (Lipinski definition) is 1. The Morgan fingerprint density at radius 1 is 1.17 bits per heavy atom. The fourth-order valence-corrected chi connectivity index (χ4v) is 2.96. The van der Waals surface area contributed by atoms with E-state index in [4.69, 9.17) is 0 Å². The summed E-state index contributed by atoms with van der Waals surface area (Å²) < 4.78 is 0. The number of nitrogens with zero attached hydrogens (tertiary/aromatic N) is 3. The number of thiazole rings is 1. The molecule has 0 saturated carbocycles. The predicted octanol–water partition coefficient (Wildman–Crippen LogP) is 3.30. The van der Waals surface area contributed by atoms with Crippen LogP contribution in [-0.2, 0) is 4.79 Å². The molecule has 0 radical (unpaired) electrons. The van der Waals surface area contributed by atoms with E-state index in [2.05, 4.69) is 20.3 Å². The van der Waals surface area contributed by atoms with Crippen molar-refractivity contribution in [2.24, 2.45) is 0 Å². The maximum atomic E-state index is 11.6. The molecule has 0 spiro atoms. The molecule has 0 bridgehead atoms. The number of rotatable bonds is 4. The second kappa shape index (κ2) is 6.21. The molecular formula is C16H14N4O2S. The van der Waals surface area contributed by atoms with Crippen LogP contribution in [0.5, 0.6) is 0 Å². The summed E-state index contributed by atoms with van der Waals surface area (Å²) >= 11 is 1.32. The quantitative estimate of drug-likeness (QED) is 0.744. The van der Waals surface area contributed by atoms with E-state index < -0.39 is 0 Å². The lowest BCUT2D eigenvalue weighted by Crippen LogP contribution is -2.04. The van der Waals surface area contributed by atoms with E-state index in [-0.39, 0.29) is 11.7 Å². The molecule has 0 fully saturated rings. The van der Waals surface area contributed by atoms with Crippen molar-refractivity contribution in [1.29, 1.82) is 0 Å². The van der Waals surface area contributed by atoms with Gasteiger partial charge in [0.2, 0.25) is 5.91 Å². The number of anilines is 1. The van der Waals surface area contributed by atoms with Crippen LogP contribution in [0.15, 0.2) is 30.5 Å². The standard InChI is InChI=1S/C16H14N4O2S/c1-3-14(22)12-5-4-10(8-17-12)11-6-7-13-15(19-11)23-16(20-13)18-9(2)21/h4-8H,3H2,1-2H3,(H,18,20,21). The van der Waals surface area contributed by atoms with Gasteiger partial charge in [-0.25, -0.2) is 9.97 Å². The van der Waals surface area contributed by atoms with E-state index in [0.29, 0.717) is 17.2 Å². The summed E-state index contributed by atoms with van der Waals surface area (Å²) in [6.07, 6.45) is 2.08. The van der Waals surface area contributed by atoms with Gasteiger partial charge in [-0.2, -0.15) is 0 Å². The minimum atomic E-state index is -0.162. The summed E-state index contributed by atoms with van der Waals surface area (Å²) in [6, 6.07) is 7.24. The number of nitrogens with one attached hydrogen (secondary N) is 1. The van der Waals surface area contributed by atoms with Crippen molar-refractivity contribution in [2.45, 2.75) is 20.3 Å². The van der Waals surface area contributed by atoms with Crippen molar-refractivity contribution < 1.29 is 9.59 Å². The molecular weight excluding hydrogens is 312 g/mol. The Kier molecular flexibility index (Phi) is 4.12. The average molecular weight is 326 g/mol. The molecule has 0 aromatic carbocycles. The molecule has 23 heavy (non-hydrogen) atoms. The SMILES string of the molecule is CCC(=O)c1ccc(-c2ccc3nc(NC(C)=O)sc3n2)cn1. The molecule has 1 amide bonds. The summed E-state index contributed by atoms with van der Waals surface area (Å²) in [4.78, 5) is 36.5. The number of aromatic nitrogens is 3. The number of fused-ring (bicyclic) bond motifs is 1. The van der Waals surface area contributed by atoms with Crippen LogP contribution < -0.4 is 5.32 Å². The van der Waals surface area contributed by atoms with Gasteiger partial charge in [-0.15, -0.1) is 0 Å². The third kappa shape index (κ3) is 3.24. The molecule has 0 atom stereocenters. The molecule has 116 valence electrons. The van der Waals surface area contributed by atoms with Gasteiger partial charge in [0.15, 0.2) is 10.9 Å². The third-order valence-electron chi connectivity index (χ3n) is 3.20. The topological polar surface area (TPSA) is 84.8 Å². The smallest absolute Gasteiger partial charge is 0.223 e. The highest BCUT2D eigenvalue weighted by molar-refractivity contribution is 7.21. The Bertz CT molecular complexity index is 887. The molecule has 3 aromatic rings. The molecule has 0 saturated heterocycles. The molecule has 0 aliphatic carbocycles. The molecule has 0 unspecified atom stereocenters. The first-order valence-electron chi connectivity index (χ1n) is 7.11. The first-order valence-corrected chi connectivity index (χ1v) is 7.93. The number of carbonyl (C=O) groups excluding carboxylic acids is 2. The van der Waals surface area contributed by atoms with Crippen molar-refractivity contribution in [3.8, 4) is 11.3 Å². The number of ketones is 1. The lowest BCUT2D eigenvalue weighted by molar-refractivity contribution is -0.114. The second-order valence-electron chi connectivity index (χ2n) is 4.93. The van der Waals surface area contributed by atoms with E-state index in [1.807, 2.05) is 25.1 Å². The summed E-state index contributed by atoms with van der Waals surface area (Å²) in [6.45, 7) is 3.25. The van der Waals surface area contributed by atoms with Crippen LogP contribution in [0.3, 0.4) is 0 Å². The van der Waals surface area contributed by atoms with Crippen molar-refractivity contribution in [3.63, 3.8) is 0 Å². The number of amides is 1. The van der Waals surface area contributed by atoms with Crippen molar-refractivity contribution in [1.82, 2.24) is 15.0 Å². The molecule has 0 aliphatic heterocycles. The first kappa shape index (κ1) is 15.2. The number of carbonyl (C=O) groups is 2. The van der Waals surface area contributed by atoms with E-state index in [1.54, 1.807) is 12.3 Å². The highest BCUT2D eigenvalue weighted by Crippen LogP contribution is 2.27. The minimum absolute atomic E-state index is 0.0161. The molecule has 1 N–H and O–H groups in total. The zero-order chi connectivity index (χ0) is 16.4. The van der Waals surface area contributed by atoms with Crippen LogP contribution in [0.25, 0.3) is 21.6 Å². The Labute approximate surface area is 136 Å². The van der Waals surface area contributed by atoms with E-state index in [0.717, 1.165) is 21.6 Å². The van der Waals surface area contributed by atoms with Gasteiger partial charge < -0.3 is 5.32 Å². The van der Waals surface area contributed by atoms with E-state index in [1.165, 1.54) is 18.3 Å². The fraction of sp³-hybridized carbons (Fsp3) is 0.188. The van der Waals surface area contributed by atoms with Crippen LogP contribution in [0, 0.1) is 0 Å². The molecule has 7 heteroatoms. The monoisotopic (exact) mass is 326 g/mol. The zero-order valence-corrected chi connectivity index (χ0v) is 13.5. The average Bonchev–Trinajstić information content (AvgIpc) is 2.94. The third-order valence-corrected chi connectivity index (χ3v) is 4.09. The predicted molar refractivity (Wildman–Crippen MR) is 89.6 cm³/mol. The van der Waals surface area contributed by atoms with Gasteiger partial charge in [0.25, 0.3) is 0 Å². The van der Waals surface area contributed by atoms with Crippen LogP contribution in [-0.4, -0.2) is 26.6 Å². The molecule has 0 aliphatic rings. The van der Waals surface area contributed by atoms with Gasteiger partial charge >= 0.3 is 0 Å². The van der Waals surface area contributed by atoms with E-state index in [9.17, 15) is 9.59 Å². The van der Waals surface area contributed by atoms with Crippen molar-refractivity contribution in [3.05, 3.63) is 36.2 Å². The fourth-order valence-electron chi connectivity index (χ4n) is 2.07. The maximum Gasteiger partial charge on any atom is 0.223 e. The van der Waals surface area contributed by atoms with Gasteiger partial charge in [-0.1, -0.05) is 18.3 Å².